The predicted octanol–water partition coefficient (Wildman–Crippen LogP) is 2.41. The van der Waals surface area contributed by atoms with E-state index in [4.69, 9.17) is 5.73 Å². The number of hydrogen-bond acceptors (Lipinski definition) is 5. The SMILES string of the molecule is Cc1nc(N(C)C2CCSC2)sc1C(C)N. The first-order valence-electron chi connectivity index (χ1n) is 5.63. The second-order valence-corrected chi connectivity index (χ2v) is 6.52. The van der Waals surface area contributed by atoms with Gasteiger partial charge >= 0.3 is 0 Å². The summed E-state index contributed by atoms with van der Waals surface area (Å²) >= 11 is 3.78. The Labute approximate surface area is 105 Å². The van der Waals surface area contributed by atoms with E-state index in [1.54, 1.807) is 11.3 Å². The number of aromatic nitrogens is 1. The average molecular weight is 257 g/mol. The molecule has 0 aromatic carbocycles. The molecule has 2 rings (SSSR count). The van der Waals surface area contributed by atoms with E-state index in [-0.39, 0.29) is 6.04 Å². The van der Waals surface area contributed by atoms with Gasteiger partial charge in [0.05, 0.1) is 5.69 Å². The minimum absolute atomic E-state index is 0.0950. The zero-order valence-corrected chi connectivity index (χ0v) is 11.7. The van der Waals surface area contributed by atoms with Crippen molar-refractivity contribution in [1.82, 2.24) is 4.98 Å². The molecule has 0 saturated carbocycles. The largest absolute Gasteiger partial charge is 0.347 e. The number of rotatable bonds is 3. The quantitative estimate of drug-likeness (QED) is 0.903. The van der Waals surface area contributed by atoms with Crippen molar-refractivity contribution in [3.05, 3.63) is 10.6 Å². The van der Waals surface area contributed by atoms with Crippen LogP contribution in [0.5, 0.6) is 0 Å². The molecule has 0 bridgehead atoms. The molecule has 5 heteroatoms. The van der Waals surface area contributed by atoms with Crippen LogP contribution in [0.2, 0.25) is 0 Å². The number of nitrogens with zero attached hydrogens (tertiary/aromatic N) is 2. The first-order chi connectivity index (χ1) is 7.59. The molecule has 1 aromatic heterocycles. The minimum atomic E-state index is 0.0950. The third kappa shape index (κ3) is 2.36. The van der Waals surface area contributed by atoms with Crippen LogP contribution in [0.15, 0.2) is 0 Å². The predicted molar refractivity (Wildman–Crippen MR) is 73.6 cm³/mol. The number of thiazole rings is 1. The van der Waals surface area contributed by atoms with Crippen molar-refractivity contribution >= 4 is 28.2 Å². The normalized spacial score (nSPS) is 22.4. The van der Waals surface area contributed by atoms with E-state index >= 15 is 0 Å². The Hall–Kier alpha value is -0.260. The molecule has 0 aliphatic carbocycles. The average Bonchev–Trinajstić information content (AvgIpc) is 2.84. The molecule has 0 radical (unpaired) electrons. The third-order valence-electron chi connectivity index (χ3n) is 2.99. The Morgan fingerprint density at radius 2 is 2.31 bits per heavy atom. The van der Waals surface area contributed by atoms with Crippen molar-refractivity contribution in [3.63, 3.8) is 0 Å². The summed E-state index contributed by atoms with van der Waals surface area (Å²) in [6.07, 6.45) is 1.27. The van der Waals surface area contributed by atoms with Crippen molar-refractivity contribution in [3.8, 4) is 0 Å². The van der Waals surface area contributed by atoms with Crippen LogP contribution in [-0.2, 0) is 0 Å². The summed E-state index contributed by atoms with van der Waals surface area (Å²) < 4.78 is 0. The molecule has 1 saturated heterocycles. The summed E-state index contributed by atoms with van der Waals surface area (Å²) in [6, 6.07) is 0.745. The van der Waals surface area contributed by atoms with Crippen LogP contribution in [0.1, 0.15) is 30.0 Å². The highest BCUT2D eigenvalue weighted by Gasteiger charge is 2.23. The lowest BCUT2D eigenvalue weighted by Crippen LogP contribution is -2.31. The number of nitrogens with two attached hydrogens (primary N) is 1. The summed E-state index contributed by atoms with van der Waals surface area (Å²) in [5.41, 5.74) is 7.02. The lowest BCUT2D eigenvalue weighted by molar-refractivity contribution is 0.697. The van der Waals surface area contributed by atoms with Crippen molar-refractivity contribution < 1.29 is 0 Å². The van der Waals surface area contributed by atoms with Gasteiger partial charge in [-0.05, 0) is 26.0 Å². The summed E-state index contributed by atoms with van der Waals surface area (Å²) in [4.78, 5) is 8.17. The maximum Gasteiger partial charge on any atom is 0.185 e. The van der Waals surface area contributed by atoms with Crippen LogP contribution in [0, 0.1) is 6.92 Å². The van der Waals surface area contributed by atoms with Gasteiger partial charge in [0.15, 0.2) is 5.13 Å². The molecule has 16 heavy (non-hydrogen) atoms. The molecular formula is C11H19N3S2. The van der Waals surface area contributed by atoms with Crippen molar-refractivity contribution in [2.24, 2.45) is 5.73 Å². The first-order valence-corrected chi connectivity index (χ1v) is 7.60. The fraction of sp³-hybridized carbons (Fsp3) is 0.727. The molecule has 90 valence electrons. The smallest absolute Gasteiger partial charge is 0.185 e. The van der Waals surface area contributed by atoms with E-state index in [1.807, 2.05) is 18.7 Å². The second-order valence-electron chi connectivity index (χ2n) is 4.36. The number of hydrogen-bond donors (Lipinski definition) is 1. The van der Waals surface area contributed by atoms with Crippen molar-refractivity contribution in [2.75, 3.05) is 23.5 Å². The molecule has 2 N–H and O–H groups in total. The Bertz CT molecular complexity index is 356. The zero-order chi connectivity index (χ0) is 11.7. The summed E-state index contributed by atoms with van der Waals surface area (Å²) in [5.74, 6) is 2.50. The zero-order valence-electron chi connectivity index (χ0n) is 10.1. The topological polar surface area (TPSA) is 42.2 Å². The Balaban J connectivity index is 2.16. The van der Waals surface area contributed by atoms with Gasteiger partial charge in [0.2, 0.25) is 0 Å². The maximum atomic E-state index is 5.93. The molecular weight excluding hydrogens is 238 g/mol. The fourth-order valence-electron chi connectivity index (χ4n) is 1.95. The van der Waals surface area contributed by atoms with Gasteiger partial charge in [-0.1, -0.05) is 0 Å². The minimum Gasteiger partial charge on any atom is -0.347 e. The third-order valence-corrected chi connectivity index (χ3v) is 5.58. The van der Waals surface area contributed by atoms with Crippen LogP contribution < -0.4 is 10.6 Å². The van der Waals surface area contributed by atoms with Gasteiger partial charge in [-0.15, -0.1) is 11.3 Å². The van der Waals surface area contributed by atoms with E-state index in [9.17, 15) is 0 Å². The molecule has 0 spiro atoms. The lowest BCUT2D eigenvalue weighted by atomic mass is 10.2. The summed E-state index contributed by atoms with van der Waals surface area (Å²) in [6.45, 7) is 4.08. The van der Waals surface area contributed by atoms with Gasteiger partial charge < -0.3 is 10.6 Å². The first kappa shape index (κ1) is 12.2. The highest BCUT2D eigenvalue weighted by molar-refractivity contribution is 7.99. The standard InChI is InChI=1S/C11H19N3S2/c1-7(12)10-8(2)13-11(16-10)14(3)9-4-5-15-6-9/h7,9H,4-6,12H2,1-3H3. The lowest BCUT2D eigenvalue weighted by Gasteiger charge is -2.22. The molecule has 1 fully saturated rings. The van der Waals surface area contributed by atoms with Gasteiger partial charge in [-0.25, -0.2) is 4.98 Å². The van der Waals surface area contributed by atoms with Gasteiger partial charge in [0.1, 0.15) is 0 Å². The Morgan fingerprint density at radius 3 is 2.81 bits per heavy atom. The fourth-order valence-corrected chi connectivity index (χ4v) is 4.27. The van der Waals surface area contributed by atoms with E-state index in [2.05, 4.69) is 23.9 Å². The number of thioether (sulfide) groups is 1. The van der Waals surface area contributed by atoms with Crippen LogP contribution >= 0.6 is 23.1 Å². The Morgan fingerprint density at radius 1 is 1.56 bits per heavy atom. The second kappa shape index (κ2) is 4.94. The molecule has 1 aromatic rings. The molecule has 3 nitrogen and oxygen atoms in total. The van der Waals surface area contributed by atoms with Crippen molar-refractivity contribution in [2.45, 2.75) is 32.4 Å². The highest BCUT2D eigenvalue weighted by atomic mass is 32.2. The molecule has 2 heterocycles. The van der Waals surface area contributed by atoms with E-state index in [0.29, 0.717) is 6.04 Å². The van der Waals surface area contributed by atoms with Gasteiger partial charge in [-0.3, -0.25) is 0 Å². The van der Waals surface area contributed by atoms with Crippen LogP contribution in [0.25, 0.3) is 0 Å². The van der Waals surface area contributed by atoms with Gasteiger partial charge in [-0.2, -0.15) is 11.8 Å². The summed E-state index contributed by atoms with van der Waals surface area (Å²) in [7, 11) is 2.15. The van der Waals surface area contributed by atoms with Gasteiger partial charge in [0, 0.05) is 29.8 Å². The summed E-state index contributed by atoms with van der Waals surface area (Å²) in [5, 5.41) is 1.12. The van der Waals surface area contributed by atoms with Crippen LogP contribution in [0.4, 0.5) is 5.13 Å². The van der Waals surface area contributed by atoms with Crippen LogP contribution in [0.3, 0.4) is 0 Å². The molecule has 0 amide bonds. The van der Waals surface area contributed by atoms with E-state index in [0.717, 1.165) is 10.8 Å². The van der Waals surface area contributed by atoms with E-state index in [1.165, 1.54) is 22.8 Å². The number of aryl methyl sites for hydroxylation is 1. The molecule has 2 atom stereocenters. The molecule has 1 aliphatic rings. The van der Waals surface area contributed by atoms with Crippen LogP contribution in [-0.4, -0.2) is 29.6 Å². The maximum absolute atomic E-state index is 5.93. The monoisotopic (exact) mass is 257 g/mol. The Kier molecular flexibility index (Phi) is 3.77. The van der Waals surface area contributed by atoms with Crippen molar-refractivity contribution in [1.29, 1.82) is 0 Å². The number of anilines is 1. The van der Waals surface area contributed by atoms with Gasteiger partial charge in [0.25, 0.3) is 0 Å². The molecule has 2 unspecified atom stereocenters. The highest BCUT2D eigenvalue weighted by Crippen LogP contribution is 2.32. The molecule has 1 aliphatic heterocycles. The van der Waals surface area contributed by atoms with E-state index < -0.39 is 0 Å².